The number of ether oxygens (including phenoxy) is 1. The average molecular weight is 232 g/mol. The van der Waals surface area contributed by atoms with Crippen LogP contribution in [0.15, 0.2) is 24.4 Å². The Hall–Kier alpha value is -1.48. The highest BCUT2D eigenvalue weighted by Crippen LogP contribution is 2.24. The number of fused-ring (bicyclic) bond motifs is 1. The van der Waals surface area contributed by atoms with E-state index in [0.29, 0.717) is 5.92 Å². The Kier molecular flexibility index (Phi) is 3.38. The zero-order valence-corrected chi connectivity index (χ0v) is 10.7. The molecule has 2 rings (SSSR count). The molecule has 0 aliphatic heterocycles. The van der Waals surface area contributed by atoms with Crippen LogP contribution >= 0.6 is 0 Å². The number of benzene rings is 1. The third-order valence-corrected chi connectivity index (χ3v) is 3.29. The van der Waals surface area contributed by atoms with Crippen LogP contribution in [0.1, 0.15) is 19.4 Å². The minimum Gasteiger partial charge on any atom is -0.497 e. The first-order valence-corrected chi connectivity index (χ1v) is 6.01. The highest BCUT2D eigenvalue weighted by Gasteiger charge is 2.12. The summed E-state index contributed by atoms with van der Waals surface area (Å²) in [5.74, 6) is 1.38. The third-order valence-electron chi connectivity index (χ3n) is 3.29. The zero-order valence-electron chi connectivity index (χ0n) is 10.7. The monoisotopic (exact) mass is 232 g/mol. The van der Waals surface area contributed by atoms with E-state index in [2.05, 4.69) is 24.9 Å². The van der Waals surface area contributed by atoms with Crippen LogP contribution in [0.25, 0.3) is 10.9 Å². The van der Waals surface area contributed by atoms with E-state index in [1.54, 1.807) is 7.11 Å². The van der Waals surface area contributed by atoms with Gasteiger partial charge in [-0.2, -0.15) is 0 Å². The number of rotatable bonds is 4. The van der Waals surface area contributed by atoms with Crippen molar-refractivity contribution < 1.29 is 4.74 Å². The van der Waals surface area contributed by atoms with Gasteiger partial charge in [-0.15, -0.1) is 0 Å². The van der Waals surface area contributed by atoms with Gasteiger partial charge in [0.05, 0.1) is 7.11 Å². The molecule has 0 bridgehead atoms. The molecule has 1 aromatic heterocycles. The van der Waals surface area contributed by atoms with Gasteiger partial charge in [-0.25, -0.2) is 0 Å². The normalized spacial score (nSPS) is 13.2. The molecule has 0 amide bonds. The molecular weight excluding hydrogens is 212 g/mol. The molecule has 0 aliphatic carbocycles. The summed E-state index contributed by atoms with van der Waals surface area (Å²) < 4.78 is 5.25. The van der Waals surface area contributed by atoms with Crippen molar-refractivity contribution >= 4 is 10.9 Å². The summed E-state index contributed by atoms with van der Waals surface area (Å²) in [7, 11) is 1.69. The molecule has 0 fully saturated rings. The van der Waals surface area contributed by atoms with Gasteiger partial charge in [0.2, 0.25) is 0 Å². The zero-order chi connectivity index (χ0) is 12.4. The molecule has 1 aromatic carbocycles. The lowest BCUT2D eigenvalue weighted by atomic mass is 9.97. The highest BCUT2D eigenvalue weighted by molar-refractivity contribution is 5.84. The molecule has 3 N–H and O–H groups in total. The summed E-state index contributed by atoms with van der Waals surface area (Å²) >= 11 is 0. The molecule has 2 aromatic rings. The molecule has 1 unspecified atom stereocenters. The van der Waals surface area contributed by atoms with Crippen LogP contribution in [-0.4, -0.2) is 18.1 Å². The van der Waals surface area contributed by atoms with E-state index >= 15 is 0 Å². The molecule has 0 aliphatic rings. The molecule has 0 spiro atoms. The number of H-pyrrole nitrogens is 1. The van der Waals surface area contributed by atoms with E-state index in [-0.39, 0.29) is 6.04 Å². The van der Waals surface area contributed by atoms with E-state index in [0.717, 1.165) is 17.7 Å². The third kappa shape index (κ3) is 2.44. The fourth-order valence-corrected chi connectivity index (χ4v) is 1.94. The van der Waals surface area contributed by atoms with E-state index in [1.165, 1.54) is 10.9 Å². The Morgan fingerprint density at radius 3 is 2.76 bits per heavy atom. The van der Waals surface area contributed by atoms with Crippen LogP contribution in [0.3, 0.4) is 0 Å². The van der Waals surface area contributed by atoms with Gasteiger partial charge in [0, 0.05) is 23.1 Å². The second kappa shape index (κ2) is 4.80. The molecular formula is C14H20N2O. The second-order valence-corrected chi connectivity index (χ2v) is 4.84. The summed E-state index contributed by atoms with van der Waals surface area (Å²) in [6, 6.07) is 6.26. The molecule has 3 heteroatoms. The Bertz CT molecular complexity index is 502. The van der Waals surface area contributed by atoms with E-state index in [1.807, 2.05) is 18.3 Å². The smallest absolute Gasteiger partial charge is 0.119 e. The molecule has 3 nitrogen and oxygen atoms in total. The van der Waals surface area contributed by atoms with Crippen molar-refractivity contribution in [2.75, 3.05) is 7.11 Å². The predicted molar refractivity (Wildman–Crippen MR) is 71.4 cm³/mol. The first-order valence-electron chi connectivity index (χ1n) is 6.01. The van der Waals surface area contributed by atoms with Crippen LogP contribution in [0, 0.1) is 5.92 Å². The van der Waals surface area contributed by atoms with Crippen molar-refractivity contribution in [3.63, 3.8) is 0 Å². The van der Waals surface area contributed by atoms with Crippen LogP contribution < -0.4 is 10.5 Å². The number of hydrogen-bond acceptors (Lipinski definition) is 2. The quantitative estimate of drug-likeness (QED) is 0.851. The fourth-order valence-electron chi connectivity index (χ4n) is 1.94. The van der Waals surface area contributed by atoms with Gasteiger partial charge in [0.25, 0.3) is 0 Å². The standard InChI is InChI=1S/C14H20N2O/c1-9(2)13(15)6-10-8-16-14-5-4-11(17-3)7-12(10)14/h4-5,7-9,13,16H,6,15H2,1-3H3. The van der Waals surface area contributed by atoms with Crippen molar-refractivity contribution in [1.29, 1.82) is 0 Å². The summed E-state index contributed by atoms with van der Waals surface area (Å²) in [5, 5.41) is 1.21. The van der Waals surface area contributed by atoms with Crippen LogP contribution in [0.5, 0.6) is 5.75 Å². The summed E-state index contributed by atoms with van der Waals surface area (Å²) in [5.41, 5.74) is 8.52. The lowest BCUT2D eigenvalue weighted by Gasteiger charge is -2.14. The van der Waals surface area contributed by atoms with Crippen LogP contribution in [0.2, 0.25) is 0 Å². The van der Waals surface area contributed by atoms with Gasteiger partial charge in [0.15, 0.2) is 0 Å². The van der Waals surface area contributed by atoms with Crippen molar-refractivity contribution in [2.24, 2.45) is 11.7 Å². The van der Waals surface area contributed by atoms with Gasteiger partial charge >= 0.3 is 0 Å². The van der Waals surface area contributed by atoms with Crippen LogP contribution in [-0.2, 0) is 6.42 Å². The molecule has 0 radical (unpaired) electrons. The lowest BCUT2D eigenvalue weighted by Crippen LogP contribution is -2.28. The summed E-state index contributed by atoms with van der Waals surface area (Å²) in [6.45, 7) is 4.31. The van der Waals surface area contributed by atoms with Crippen molar-refractivity contribution in [2.45, 2.75) is 26.3 Å². The molecule has 0 saturated heterocycles. The van der Waals surface area contributed by atoms with Crippen molar-refractivity contribution in [3.05, 3.63) is 30.0 Å². The molecule has 1 atom stereocenters. The first kappa shape index (κ1) is 12.0. The molecule has 1 heterocycles. The van der Waals surface area contributed by atoms with E-state index in [9.17, 15) is 0 Å². The van der Waals surface area contributed by atoms with Gasteiger partial charge in [0.1, 0.15) is 5.75 Å². The topological polar surface area (TPSA) is 51.0 Å². The number of aromatic nitrogens is 1. The first-order chi connectivity index (χ1) is 8.11. The second-order valence-electron chi connectivity index (χ2n) is 4.84. The van der Waals surface area contributed by atoms with Gasteiger partial charge in [-0.05, 0) is 36.1 Å². The summed E-state index contributed by atoms with van der Waals surface area (Å²) in [6.07, 6.45) is 2.94. The van der Waals surface area contributed by atoms with E-state index < -0.39 is 0 Å². The molecule has 0 saturated carbocycles. The Balaban J connectivity index is 2.34. The number of nitrogens with one attached hydrogen (secondary N) is 1. The Labute approximate surface area is 102 Å². The van der Waals surface area contributed by atoms with Gasteiger partial charge in [-0.1, -0.05) is 13.8 Å². The number of aromatic amines is 1. The van der Waals surface area contributed by atoms with Crippen molar-refractivity contribution in [1.82, 2.24) is 4.98 Å². The fraction of sp³-hybridized carbons (Fsp3) is 0.429. The summed E-state index contributed by atoms with van der Waals surface area (Å²) in [4.78, 5) is 3.27. The Morgan fingerprint density at radius 1 is 1.35 bits per heavy atom. The van der Waals surface area contributed by atoms with Gasteiger partial charge < -0.3 is 15.5 Å². The maximum atomic E-state index is 6.12. The Morgan fingerprint density at radius 2 is 2.12 bits per heavy atom. The number of nitrogens with two attached hydrogens (primary N) is 1. The lowest BCUT2D eigenvalue weighted by molar-refractivity contribution is 0.415. The minimum absolute atomic E-state index is 0.195. The minimum atomic E-state index is 0.195. The SMILES string of the molecule is COc1ccc2[nH]cc(CC(N)C(C)C)c2c1. The maximum absolute atomic E-state index is 6.12. The number of hydrogen-bond donors (Lipinski definition) is 2. The highest BCUT2D eigenvalue weighted by atomic mass is 16.5. The average Bonchev–Trinajstić information content (AvgIpc) is 2.71. The van der Waals surface area contributed by atoms with Crippen LogP contribution in [0.4, 0.5) is 0 Å². The number of methoxy groups -OCH3 is 1. The van der Waals surface area contributed by atoms with Crippen molar-refractivity contribution in [3.8, 4) is 5.75 Å². The maximum Gasteiger partial charge on any atom is 0.119 e. The molecule has 92 valence electrons. The van der Waals surface area contributed by atoms with Gasteiger partial charge in [-0.3, -0.25) is 0 Å². The van der Waals surface area contributed by atoms with E-state index in [4.69, 9.17) is 10.5 Å². The predicted octanol–water partition coefficient (Wildman–Crippen LogP) is 2.70. The largest absolute Gasteiger partial charge is 0.497 e. The molecule has 17 heavy (non-hydrogen) atoms.